The molecule has 12 heteroatoms. The highest BCUT2D eigenvalue weighted by atomic mass is 35.5. The van der Waals surface area contributed by atoms with E-state index in [2.05, 4.69) is 5.10 Å². The van der Waals surface area contributed by atoms with E-state index in [1.807, 2.05) is 13.0 Å². The molecule has 3 N–H and O–H groups in total. The number of nitrogens with two attached hydrogens (primary N) is 1. The molecule has 2 aromatic rings. The molecule has 0 radical (unpaired) electrons. The largest absolute Gasteiger partial charge is 0.481 e. The predicted octanol–water partition coefficient (Wildman–Crippen LogP) is 1.87. The van der Waals surface area contributed by atoms with Crippen LogP contribution in [0.1, 0.15) is 24.8 Å². The molecule has 34 heavy (non-hydrogen) atoms. The SMILES string of the molecule is CO[C@H]1C[C@@H](S(=O)(=O)c2ccc(-n3cc(C)cn3)cc2Cl)C[C@]1(C(=O)O)C1CC1(C#N)C(N)=O. The molecule has 0 spiro atoms. The maximum Gasteiger partial charge on any atom is 0.312 e. The van der Waals surface area contributed by atoms with Crippen molar-refractivity contribution in [2.45, 2.75) is 42.4 Å². The van der Waals surface area contributed by atoms with Crippen molar-refractivity contribution in [2.75, 3.05) is 7.11 Å². The first-order valence-electron chi connectivity index (χ1n) is 10.5. The Morgan fingerprint density at radius 2 is 2.09 bits per heavy atom. The Morgan fingerprint density at radius 1 is 1.38 bits per heavy atom. The summed E-state index contributed by atoms with van der Waals surface area (Å²) < 4.78 is 34.1. The fraction of sp³-hybridized carbons (Fsp3) is 0.455. The normalized spacial score (nSPS) is 30.6. The Labute approximate surface area is 201 Å². The number of hydrogen-bond donors (Lipinski definition) is 2. The second kappa shape index (κ2) is 8.08. The molecule has 1 aromatic heterocycles. The average molecular weight is 507 g/mol. The van der Waals surface area contributed by atoms with Crippen LogP contribution in [-0.4, -0.2) is 53.6 Å². The summed E-state index contributed by atoms with van der Waals surface area (Å²) in [6.07, 6.45) is 1.86. The van der Waals surface area contributed by atoms with Crippen molar-refractivity contribution in [3.05, 3.63) is 41.2 Å². The second-order valence-corrected chi connectivity index (χ2v) is 11.6. The molecule has 180 valence electrons. The standard InChI is InChI=1S/C22H23ClN4O6S/c1-12-9-26-27(10-12)13-3-4-16(15(23)5-13)34(31,32)14-6-18(33-2)22(7-14,20(29)30)17-8-21(17,11-24)19(25)28/h3-5,9-10,14,17-18H,6-8H2,1-2H3,(H2,25,28)(H,29,30)/t14-,17?,18+,21?,22+/m1/s1. The minimum absolute atomic E-state index is 0.0256. The summed E-state index contributed by atoms with van der Waals surface area (Å²) in [5.41, 5.74) is 3.47. The Morgan fingerprint density at radius 3 is 2.56 bits per heavy atom. The number of nitrogens with zero attached hydrogens (tertiary/aromatic N) is 3. The van der Waals surface area contributed by atoms with Crippen LogP contribution in [0.15, 0.2) is 35.5 Å². The second-order valence-electron chi connectivity index (χ2n) is 8.96. The summed E-state index contributed by atoms with van der Waals surface area (Å²) in [5, 5.41) is 22.7. The van der Waals surface area contributed by atoms with Gasteiger partial charge in [-0.3, -0.25) is 9.59 Å². The summed E-state index contributed by atoms with van der Waals surface area (Å²) in [6.45, 7) is 1.87. The van der Waals surface area contributed by atoms with Gasteiger partial charge >= 0.3 is 5.97 Å². The van der Waals surface area contributed by atoms with Gasteiger partial charge in [0.15, 0.2) is 9.84 Å². The maximum absolute atomic E-state index is 13.6. The number of carboxylic acids is 1. The number of carboxylic acid groups (broad SMARTS) is 1. The van der Waals surface area contributed by atoms with E-state index in [4.69, 9.17) is 22.1 Å². The first kappa shape index (κ1) is 24.2. The van der Waals surface area contributed by atoms with E-state index >= 15 is 0 Å². The van der Waals surface area contributed by atoms with E-state index in [0.717, 1.165) is 5.56 Å². The Hall–Kier alpha value is -2.94. The Kier molecular flexibility index (Phi) is 5.75. The number of carbonyl (C=O) groups excluding carboxylic acids is 1. The van der Waals surface area contributed by atoms with Crippen molar-refractivity contribution in [2.24, 2.45) is 22.5 Å². The molecule has 1 amide bonds. The third-order valence-corrected chi connectivity index (χ3v) is 9.79. The number of hydrogen-bond acceptors (Lipinski definition) is 7. The van der Waals surface area contributed by atoms with Crippen molar-refractivity contribution >= 4 is 33.3 Å². The molecule has 2 unspecified atom stereocenters. The molecular weight excluding hydrogens is 484 g/mol. The first-order chi connectivity index (χ1) is 15.9. The van der Waals surface area contributed by atoms with Gasteiger partial charge in [-0.05, 0) is 49.9 Å². The van der Waals surface area contributed by atoms with Crippen molar-refractivity contribution < 1.29 is 27.9 Å². The van der Waals surface area contributed by atoms with E-state index in [9.17, 15) is 28.4 Å². The maximum atomic E-state index is 13.6. The minimum Gasteiger partial charge on any atom is -0.481 e. The van der Waals surface area contributed by atoms with Crippen LogP contribution in [0.5, 0.6) is 0 Å². The number of benzene rings is 1. The molecule has 0 saturated heterocycles. The molecule has 0 aliphatic heterocycles. The van der Waals surface area contributed by atoms with Crippen LogP contribution < -0.4 is 5.73 Å². The van der Waals surface area contributed by atoms with Gasteiger partial charge in [0, 0.05) is 19.2 Å². The Balaban J connectivity index is 1.71. The number of sulfone groups is 1. The zero-order valence-electron chi connectivity index (χ0n) is 18.4. The van der Waals surface area contributed by atoms with Crippen LogP contribution >= 0.6 is 11.6 Å². The van der Waals surface area contributed by atoms with Crippen molar-refractivity contribution in [1.29, 1.82) is 5.26 Å². The first-order valence-corrected chi connectivity index (χ1v) is 12.4. The number of primary amides is 1. The number of amides is 1. The van der Waals surface area contributed by atoms with Gasteiger partial charge in [-0.15, -0.1) is 0 Å². The third-order valence-electron chi connectivity index (χ3n) is 7.16. The van der Waals surface area contributed by atoms with Crippen LogP contribution in [0.4, 0.5) is 0 Å². The zero-order chi connectivity index (χ0) is 25.1. The zero-order valence-corrected chi connectivity index (χ0v) is 20.0. The molecule has 2 aliphatic carbocycles. The quantitative estimate of drug-likeness (QED) is 0.574. The molecule has 0 bridgehead atoms. The highest BCUT2D eigenvalue weighted by molar-refractivity contribution is 7.92. The van der Waals surface area contributed by atoms with E-state index < -0.39 is 49.8 Å². The van der Waals surface area contributed by atoms with Crippen molar-refractivity contribution in [3.63, 3.8) is 0 Å². The van der Waals surface area contributed by atoms with E-state index in [1.54, 1.807) is 23.1 Å². The lowest BCUT2D eigenvalue weighted by molar-refractivity contribution is -0.159. The van der Waals surface area contributed by atoms with Gasteiger partial charge in [-0.25, -0.2) is 13.1 Å². The monoisotopic (exact) mass is 506 g/mol. The van der Waals surface area contributed by atoms with Gasteiger partial charge < -0.3 is 15.6 Å². The van der Waals surface area contributed by atoms with Gasteiger partial charge in [-0.2, -0.15) is 10.4 Å². The van der Waals surface area contributed by atoms with Gasteiger partial charge in [0.25, 0.3) is 0 Å². The molecule has 1 heterocycles. The number of nitriles is 1. The van der Waals surface area contributed by atoms with Crippen LogP contribution in [0.3, 0.4) is 0 Å². The summed E-state index contributed by atoms with van der Waals surface area (Å²) in [4.78, 5) is 24.3. The van der Waals surface area contributed by atoms with Crippen LogP contribution in [0, 0.1) is 35.0 Å². The van der Waals surface area contributed by atoms with Gasteiger partial charge in [0.05, 0.1) is 39.2 Å². The van der Waals surface area contributed by atoms with Crippen LogP contribution in [0.25, 0.3) is 5.69 Å². The molecule has 4 rings (SSSR count). The smallest absolute Gasteiger partial charge is 0.312 e. The topological polar surface area (TPSA) is 165 Å². The molecular formula is C22H23ClN4O6S. The van der Waals surface area contributed by atoms with E-state index in [0.29, 0.717) is 5.69 Å². The van der Waals surface area contributed by atoms with Gasteiger partial charge in [0.1, 0.15) is 10.8 Å². The fourth-order valence-corrected chi connectivity index (χ4v) is 7.62. The Bertz CT molecular complexity index is 1340. The molecule has 2 saturated carbocycles. The number of aromatic nitrogens is 2. The number of methoxy groups -OCH3 is 1. The molecule has 2 fully saturated rings. The average Bonchev–Trinajstić information content (AvgIpc) is 3.16. The number of halogens is 1. The van der Waals surface area contributed by atoms with Gasteiger partial charge in [-0.1, -0.05) is 11.6 Å². The highest BCUT2D eigenvalue weighted by Crippen LogP contribution is 2.66. The number of carbonyl (C=O) groups is 2. The third kappa shape index (κ3) is 3.40. The van der Waals surface area contributed by atoms with Crippen LogP contribution in [-0.2, 0) is 24.2 Å². The number of ether oxygens (including phenoxy) is 1. The van der Waals surface area contributed by atoms with Crippen molar-refractivity contribution in [1.82, 2.24) is 9.78 Å². The number of aryl methyl sites for hydroxylation is 1. The lowest BCUT2D eigenvalue weighted by Crippen LogP contribution is -2.44. The summed E-state index contributed by atoms with van der Waals surface area (Å²) >= 11 is 6.37. The lowest BCUT2D eigenvalue weighted by Gasteiger charge is -2.31. The predicted molar refractivity (Wildman–Crippen MR) is 120 cm³/mol. The summed E-state index contributed by atoms with van der Waals surface area (Å²) in [7, 11) is -2.80. The fourth-order valence-electron chi connectivity index (χ4n) is 5.26. The minimum atomic E-state index is -4.08. The summed E-state index contributed by atoms with van der Waals surface area (Å²) in [6, 6.07) is 6.25. The van der Waals surface area contributed by atoms with Crippen molar-refractivity contribution in [3.8, 4) is 11.8 Å². The van der Waals surface area contributed by atoms with E-state index in [1.165, 1.54) is 19.2 Å². The van der Waals surface area contributed by atoms with E-state index in [-0.39, 0.29) is 29.2 Å². The molecule has 1 aromatic carbocycles. The van der Waals surface area contributed by atoms with Gasteiger partial charge in [0.2, 0.25) is 5.91 Å². The number of aliphatic carboxylic acids is 1. The highest BCUT2D eigenvalue weighted by Gasteiger charge is 2.75. The molecule has 5 atom stereocenters. The molecule has 10 nitrogen and oxygen atoms in total. The lowest BCUT2D eigenvalue weighted by atomic mass is 9.75. The molecule has 2 aliphatic rings. The number of rotatable bonds is 7. The summed E-state index contributed by atoms with van der Waals surface area (Å²) in [5.74, 6) is -3.20. The van der Waals surface area contributed by atoms with Crippen LogP contribution in [0.2, 0.25) is 5.02 Å².